The van der Waals surface area contributed by atoms with Crippen LogP contribution in [0.5, 0.6) is 0 Å². The van der Waals surface area contributed by atoms with Gasteiger partial charge in [-0.1, -0.05) is 48.0 Å². The van der Waals surface area contributed by atoms with Crippen molar-refractivity contribution in [3.05, 3.63) is 96.9 Å². The molecule has 0 fully saturated rings. The standard InChI is InChI=1S/C24H17ClN2O2S/c25-17-10-4-3-8-15(17)21(28)19-14-7-2-1-6-13(14)12-27-22(19)26-23(29)20-16-9-5-11-18(16)30-24(20)27/h1-4,6-8,10,28H,5,9,11-12H2. The minimum absolute atomic E-state index is 0.0387. The maximum atomic E-state index is 13.1. The molecule has 2 aliphatic rings. The molecule has 0 amide bonds. The van der Waals surface area contributed by atoms with E-state index in [0.717, 1.165) is 40.6 Å². The maximum Gasteiger partial charge on any atom is 0.282 e. The first-order chi connectivity index (χ1) is 14.6. The summed E-state index contributed by atoms with van der Waals surface area (Å²) in [5.41, 5.74) is 4.00. The Bertz CT molecular complexity index is 1450. The molecular weight excluding hydrogens is 416 g/mol. The summed E-state index contributed by atoms with van der Waals surface area (Å²) in [4.78, 5) is 19.9. The number of aryl methyl sites for hydroxylation is 2. The van der Waals surface area contributed by atoms with E-state index in [4.69, 9.17) is 11.6 Å². The quantitative estimate of drug-likeness (QED) is 0.359. The second kappa shape index (κ2) is 6.56. The molecule has 148 valence electrons. The van der Waals surface area contributed by atoms with Gasteiger partial charge in [-0.3, -0.25) is 4.79 Å². The van der Waals surface area contributed by atoms with Crippen LogP contribution >= 0.6 is 22.9 Å². The fourth-order valence-electron chi connectivity index (χ4n) is 4.66. The molecule has 0 saturated carbocycles. The van der Waals surface area contributed by atoms with E-state index in [1.807, 2.05) is 30.3 Å². The van der Waals surface area contributed by atoms with Crippen molar-refractivity contribution in [3.63, 3.8) is 0 Å². The van der Waals surface area contributed by atoms with Crippen LogP contribution in [0.3, 0.4) is 0 Å². The van der Waals surface area contributed by atoms with E-state index in [1.165, 1.54) is 10.4 Å². The highest BCUT2D eigenvalue weighted by molar-refractivity contribution is 7.19. The fraction of sp³-hybridized carbons (Fsp3) is 0.167. The topological polar surface area (TPSA) is 55.1 Å². The molecule has 2 aromatic heterocycles. The third-order valence-corrected chi connectivity index (χ3v) is 7.67. The summed E-state index contributed by atoms with van der Waals surface area (Å²) in [5.74, 6) is 0.542. The van der Waals surface area contributed by atoms with E-state index in [-0.39, 0.29) is 11.3 Å². The van der Waals surface area contributed by atoms with Gasteiger partial charge in [0.25, 0.3) is 5.56 Å². The first-order valence-electron chi connectivity index (χ1n) is 9.95. The molecule has 1 aliphatic heterocycles. The highest BCUT2D eigenvalue weighted by Crippen LogP contribution is 2.41. The zero-order valence-electron chi connectivity index (χ0n) is 16.0. The number of benzene rings is 2. The number of aliphatic hydroxyl groups excluding tert-OH is 1. The van der Waals surface area contributed by atoms with Crippen molar-refractivity contribution >= 4 is 44.5 Å². The molecule has 0 radical (unpaired) electrons. The van der Waals surface area contributed by atoms with Gasteiger partial charge in [0.2, 0.25) is 0 Å². The molecule has 0 bridgehead atoms. The van der Waals surface area contributed by atoms with Crippen molar-refractivity contribution in [2.75, 3.05) is 0 Å². The molecule has 4 aromatic rings. The van der Waals surface area contributed by atoms with Gasteiger partial charge in [-0.15, -0.1) is 11.3 Å². The molecule has 0 unspecified atom stereocenters. The number of aromatic nitrogens is 2. The van der Waals surface area contributed by atoms with Gasteiger partial charge in [0.05, 0.1) is 22.5 Å². The van der Waals surface area contributed by atoms with Crippen LogP contribution in [0.2, 0.25) is 5.02 Å². The Hall–Kier alpha value is -2.89. The van der Waals surface area contributed by atoms with E-state index in [9.17, 15) is 9.90 Å². The van der Waals surface area contributed by atoms with Crippen LogP contribution in [0.1, 0.15) is 39.4 Å². The van der Waals surface area contributed by atoms with Gasteiger partial charge in [-0.2, -0.15) is 4.98 Å². The minimum Gasteiger partial charge on any atom is -0.506 e. The lowest BCUT2D eigenvalue weighted by molar-refractivity contribution is 0.512. The summed E-state index contributed by atoms with van der Waals surface area (Å²) in [5, 5.41) is 12.6. The molecule has 0 spiro atoms. The van der Waals surface area contributed by atoms with E-state index >= 15 is 0 Å². The average Bonchev–Trinajstić information content (AvgIpc) is 3.34. The van der Waals surface area contributed by atoms with Crippen LogP contribution in [0.15, 0.2) is 53.3 Å². The highest BCUT2D eigenvalue weighted by atomic mass is 35.5. The Morgan fingerprint density at radius 3 is 2.77 bits per heavy atom. The number of thiophene rings is 1. The Morgan fingerprint density at radius 1 is 1.10 bits per heavy atom. The van der Waals surface area contributed by atoms with Crippen LogP contribution < -0.4 is 5.56 Å². The van der Waals surface area contributed by atoms with Gasteiger partial charge in [0, 0.05) is 10.4 Å². The second-order valence-electron chi connectivity index (χ2n) is 7.72. The van der Waals surface area contributed by atoms with E-state index in [0.29, 0.717) is 28.5 Å². The van der Waals surface area contributed by atoms with Gasteiger partial charge in [0.15, 0.2) is 0 Å². The Balaban J connectivity index is 1.73. The molecule has 30 heavy (non-hydrogen) atoms. The van der Waals surface area contributed by atoms with Crippen molar-refractivity contribution in [1.29, 1.82) is 0 Å². The predicted octanol–water partition coefficient (Wildman–Crippen LogP) is 5.44. The summed E-state index contributed by atoms with van der Waals surface area (Å²) < 4.78 is 2.09. The molecular formula is C24H17ClN2O2S. The maximum absolute atomic E-state index is 13.1. The van der Waals surface area contributed by atoms with Crippen molar-refractivity contribution in [2.45, 2.75) is 25.8 Å². The Labute approximate surface area is 181 Å². The normalized spacial score (nSPS) is 16.3. The number of nitrogens with zero attached hydrogens (tertiary/aromatic N) is 2. The summed E-state index contributed by atoms with van der Waals surface area (Å²) in [6, 6.07) is 15.1. The van der Waals surface area contributed by atoms with Gasteiger partial charge in [0.1, 0.15) is 16.4 Å². The number of aliphatic hydroxyl groups is 1. The summed E-state index contributed by atoms with van der Waals surface area (Å²) >= 11 is 8.08. The Morgan fingerprint density at radius 2 is 1.90 bits per heavy atom. The zero-order chi connectivity index (χ0) is 20.4. The second-order valence-corrected chi connectivity index (χ2v) is 9.22. The van der Waals surface area contributed by atoms with Crippen LogP contribution in [-0.4, -0.2) is 14.7 Å². The largest absolute Gasteiger partial charge is 0.506 e. The van der Waals surface area contributed by atoms with Crippen molar-refractivity contribution in [3.8, 4) is 0 Å². The fourth-order valence-corrected chi connectivity index (χ4v) is 6.27. The Kier molecular flexibility index (Phi) is 3.92. The highest BCUT2D eigenvalue weighted by Gasteiger charge is 2.30. The smallest absolute Gasteiger partial charge is 0.282 e. The average molecular weight is 433 g/mol. The van der Waals surface area contributed by atoms with Gasteiger partial charge in [-0.05, 0) is 48.1 Å². The lowest BCUT2D eigenvalue weighted by atomic mass is 9.92. The molecule has 0 atom stereocenters. The molecule has 0 saturated heterocycles. The third-order valence-electron chi connectivity index (χ3n) is 6.03. The summed E-state index contributed by atoms with van der Waals surface area (Å²) in [6.07, 6.45) is 3.06. The SMILES string of the molecule is O=c1nc2n(c3sc4c(c13)CCC4)Cc1ccccc1C2=C(O)c1ccccc1Cl. The lowest BCUT2D eigenvalue weighted by Crippen LogP contribution is -2.23. The van der Waals surface area contributed by atoms with Crippen molar-refractivity contribution in [2.24, 2.45) is 0 Å². The number of fused-ring (bicyclic) bond motifs is 6. The van der Waals surface area contributed by atoms with E-state index in [2.05, 4.69) is 15.6 Å². The molecule has 6 rings (SSSR count). The molecule has 2 aromatic carbocycles. The van der Waals surface area contributed by atoms with Gasteiger partial charge < -0.3 is 9.67 Å². The zero-order valence-corrected chi connectivity index (χ0v) is 17.6. The van der Waals surface area contributed by atoms with Crippen LogP contribution in [0.4, 0.5) is 0 Å². The predicted molar refractivity (Wildman–Crippen MR) is 121 cm³/mol. The van der Waals surface area contributed by atoms with Gasteiger partial charge >= 0.3 is 0 Å². The van der Waals surface area contributed by atoms with E-state index in [1.54, 1.807) is 23.5 Å². The molecule has 6 heteroatoms. The number of hydrogen-bond acceptors (Lipinski definition) is 4. The third kappa shape index (κ3) is 2.45. The monoisotopic (exact) mass is 432 g/mol. The first-order valence-corrected chi connectivity index (χ1v) is 11.1. The number of halogens is 1. The molecule has 1 N–H and O–H groups in total. The summed E-state index contributed by atoms with van der Waals surface area (Å²) in [7, 11) is 0. The molecule has 3 heterocycles. The van der Waals surface area contributed by atoms with E-state index < -0.39 is 0 Å². The van der Waals surface area contributed by atoms with Crippen LogP contribution in [0.25, 0.3) is 21.5 Å². The first kappa shape index (κ1) is 17.9. The number of hydrogen-bond donors (Lipinski definition) is 1. The lowest BCUT2D eigenvalue weighted by Gasteiger charge is -2.25. The van der Waals surface area contributed by atoms with Crippen LogP contribution in [0, 0.1) is 0 Å². The van der Waals surface area contributed by atoms with Crippen molar-refractivity contribution < 1.29 is 5.11 Å². The number of rotatable bonds is 1. The van der Waals surface area contributed by atoms with Crippen molar-refractivity contribution in [1.82, 2.24) is 9.55 Å². The minimum atomic E-state index is -0.209. The molecule has 1 aliphatic carbocycles. The summed E-state index contributed by atoms with van der Waals surface area (Å²) in [6.45, 7) is 0.619. The van der Waals surface area contributed by atoms with Crippen LogP contribution in [-0.2, 0) is 19.4 Å². The van der Waals surface area contributed by atoms with Gasteiger partial charge in [-0.25, -0.2) is 0 Å². The molecule has 4 nitrogen and oxygen atoms in total.